The molecule has 0 spiro atoms. The Morgan fingerprint density at radius 2 is 2.17 bits per heavy atom. The SMILES string of the molecule is O=C(CCC1CCCCN1)c1ccc(F)cc1F. The first-order chi connectivity index (χ1) is 8.66. The van der Waals surface area contributed by atoms with E-state index in [-0.39, 0.29) is 11.3 Å². The van der Waals surface area contributed by atoms with E-state index in [2.05, 4.69) is 5.32 Å². The summed E-state index contributed by atoms with van der Waals surface area (Å²) in [4.78, 5) is 11.8. The van der Waals surface area contributed by atoms with Gasteiger partial charge in [-0.2, -0.15) is 0 Å². The smallest absolute Gasteiger partial charge is 0.165 e. The number of halogens is 2. The Kier molecular flexibility index (Phi) is 4.42. The number of carbonyl (C=O) groups excluding carboxylic acids is 1. The minimum absolute atomic E-state index is 0.00721. The van der Waals surface area contributed by atoms with Crippen LogP contribution in [0.4, 0.5) is 8.78 Å². The predicted molar refractivity (Wildman–Crippen MR) is 65.6 cm³/mol. The van der Waals surface area contributed by atoms with Crippen molar-refractivity contribution in [2.45, 2.75) is 38.1 Å². The van der Waals surface area contributed by atoms with Crippen LogP contribution in [0.1, 0.15) is 42.5 Å². The first-order valence-corrected chi connectivity index (χ1v) is 6.38. The summed E-state index contributed by atoms with van der Waals surface area (Å²) in [6.45, 7) is 0.990. The van der Waals surface area contributed by atoms with Crippen molar-refractivity contribution in [3.8, 4) is 0 Å². The highest BCUT2D eigenvalue weighted by Gasteiger charge is 2.17. The van der Waals surface area contributed by atoms with Crippen molar-refractivity contribution in [3.63, 3.8) is 0 Å². The molecule has 4 heteroatoms. The topological polar surface area (TPSA) is 29.1 Å². The number of hydrogen-bond acceptors (Lipinski definition) is 2. The van der Waals surface area contributed by atoms with Gasteiger partial charge in [-0.1, -0.05) is 6.42 Å². The molecule has 0 bridgehead atoms. The van der Waals surface area contributed by atoms with E-state index in [9.17, 15) is 13.6 Å². The van der Waals surface area contributed by atoms with Gasteiger partial charge in [0, 0.05) is 18.5 Å². The van der Waals surface area contributed by atoms with Crippen LogP contribution in [0.2, 0.25) is 0 Å². The molecule has 0 amide bonds. The lowest BCUT2D eigenvalue weighted by Gasteiger charge is -2.22. The molecule has 1 heterocycles. The molecule has 0 aliphatic carbocycles. The molecule has 1 unspecified atom stereocenters. The molecule has 0 radical (unpaired) electrons. The molecule has 1 aliphatic heterocycles. The minimum Gasteiger partial charge on any atom is -0.314 e. The van der Waals surface area contributed by atoms with E-state index in [4.69, 9.17) is 0 Å². The van der Waals surface area contributed by atoms with E-state index >= 15 is 0 Å². The van der Waals surface area contributed by atoms with Gasteiger partial charge >= 0.3 is 0 Å². The highest BCUT2D eigenvalue weighted by molar-refractivity contribution is 5.96. The maximum Gasteiger partial charge on any atom is 0.165 e. The summed E-state index contributed by atoms with van der Waals surface area (Å²) < 4.78 is 26.1. The molecular formula is C14H17F2NO. The summed E-state index contributed by atoms with van der Waals surface area (Å²) in [5.74, 6) is -1.67. The van der Waals surface area contributed by atoms with Gasteiger partial charge in [-0.3, -0.25) is 4.79 Å². The number of ketones is 1. The van der Waals surface area contributed by atoms with Crippen molar-refractivity contribution in [1.82, 2.24) is 5.32 Å². The Morgan fingerprint density at radius 1 is 1.33 bits per heavy atom. The summed E-state index contributed by atoms with van der Waals surface area (Å²) in [6.07, 6.45) is 4.45. The zero-order valence-electron chi connectivity index (χ0n) is 10.2. The Labute approximate surface area is 105 Å². The predicted octanol–water partition coefficient (Wildman–Crippen LogP) is 3.07. The molecule has 1 aliphatic rings. The molecule has 1 atom stereocenters. The number of hydrogen-bond donors (Lipinski definition) is 1. The minimum atomic E-state index is -0.767. The van der Waals surface area contributed by atoms with Gasteiger partial charge in [-0.25, -0.2) is 8.78 Å². The molecule has 1 fully saturated rings. The van der Waals surface area contributed by atoms with Gasteiger partial charge in [0.05, 0.1) is 5.56 Å². The normalized spacial score (nSPS) is 19.8. The van der Waals surface area contributed by atoms with Crippen molar-refractivity contribution >= 4 is 5.78 Å². The molecule has 98 valence electrons. The van der Waals surface area contributed by atoms with E-state index in [0.717, 1.165) is 31.5 Å². The monoisotopic (exact) mass is 253 g/mol. The fourth-order valence-corrected chi connectivity index (χ4v) is 2.33. The second kappa shape index (κ2) is 6.05. The lowest BCUT2D eigenvalue weighted by atomic mass is 9.97. The van der Waals surface area contributed by atoms with Crippen LogP contribution in [0.15, 0.2) is 18.2 Å². The van der Waals surface area contributed by atoms with Crippen LogP contribution in [0.5, 0.6) is 0 Å². The molecule has 18 heavy (non-hydrogen) atoms. The third-order valence-corrected chi connectivity index (χ3v) is 3.36. The molecule has 1 N–H and O–H groups in total. The van der Waals surface area contributed by atoms with Crippen molar-refractivity contribution in [2.24, 2.45) is 0 Å². The van der Waals surface area contributed by atoms with Crippen LogP contribution in [-0.2, 0) is 0 Å². The van der Waals surface area contributed by atoms with Crippen LogP contribution < -0.4 is 5.32 Å². The Balaban J connectivity index is 1.90. The third-order valence-electron chi connectivity index (χ3n) is 3.36. The Morgan fingerprint density at radius 3 is 2.83 bits per heavy atom. The van der Waals surface area contributed by atoms with Crippen molar-refractivity contribution in [2.75, 3.05) is 6.54 Å². The van der Waals surface area contributed by atoms with Crippen LogP contribution in [-0.4, -0.2) is 18.4 Å². The van der Waals surface area contributed by atoms with Gasteiger partial charge in [-0.15, -0.1) is 0 Å². The fourth-order valence-electron chi connectivity index (χ4n) is 2.33. The Hall–Kier alpha value is -1.29. The molecule has 2 nitrogen and oxygen atoms in total. The van der Waals surface area contributed by atoms with Gasteiger partial charge in [0.15, 0.2) is 5.78 Å². The summed E-state index contributed by atoms with van der Waals surface area (Å²) in [6, 6.07) is 3.45. The number of Topliss-reactive ketones (excluding diaryl/α,β-unsaturated/α-hetero) is 1. The van der Waals surface area contributed by atoms with E-state index < -0.39 is 11.6 Å². The molecular weight excluding hydrogens is 236 g/mol. The number of nitrogens with one attached hydrogen (secondary N) is 1. The highest BCUT2D eigenvalue weighted by Crippen LogP contribution is 2.16. The van der Waals surface area contributed by atoms with E-state index in [1.165, 1.54) is 18.9 Å². The zero-order valence-corrected chi connectivity index (χ0v) is 10.2. The number of carbonyl (C=O) groups is 1. The first-order valence-electron chi connectivity index (χ1n) is 6.38. The highest BCUT2D eigenvalue weighted by atomic mass is 19.1. The van der Waals surface area contributed by atoms with E-state index in [0.29, 0.717) is 12.5 Å². The van der Waals surface area contributed by atoms with Gasteiger partial charge in [0.1, 0.15) is 11.6 Å². The van der Waals surface area contributed by atoms with Crippen molar-refractivity contribution in [1.29, 1.82) is 0 Å². The number of benzene rings is 1. The van der Waals surface area contributed by atoms with Gasteiger partial charge in [0.2, 0.25) is 0 Å². The number of rotatable bonds is 4. The summed E-state index contributed by atoms with van der Waals surface area (Å²) in [5.41, 5.74) is -0.00721. The standard InChI is InChI=1S/C14H17F2NO/c15-10-4-6-12(13(16)9-10)14(18)7-5-11-3-1-2-8-17-11/h4,6,9,11,17H,1-3,5,7-8H2. The molecule has 0 saturated carbocycles. The second-order valence-corrected chi connectivity index (χ2v) is 4.73. The largest absolute Gasteiger partial charge is 0.314 e. The zero-order chi connectivity index (χ0) is 13.0. The molecule has 2 rings (SSSR count). The molecule has 1 saturated heterocycles. The lowest BCUT2D eigenvalue weighted by molar-refractivity contribution is 0.0970. The van der Waals surface area contributed by atoms with Gasteiger partial charge in [0.25, 0.3) is 0 Å². The van der Waals surface area contributed by atoms with Crippen LogP contribution in [0, 0.1) is 11.6 Å². The first kappa shape index (κ1) is 13.1. The quantitative estimate of drug-likeness (QED) is 0.835. The molecule has 1 aromatic carbocycles. The maximum absolute atomic E-state index is 13.4. The van der Waals surface area contributed by atoms with Crippen LogP contribution >= 0.6 is 0 Å². The van der Waals surface area contributed by atoms with Crippen LogP contribution in [0.25, 0.3) is 0 Å². The summed E-state index contributed by atoms with van der Waals surface area (Å²) >= 11 is 0. The molecule has 0 aromatic heterocycles. The second-order valence-electron chi connectivity index (χ2n) is 4.73. The van der Waals surface area contributed by atoms with Gasteiger partial charge in [-0.05, 0) is 37.9 Å². The van der Waals surface area contributed by atoms with Crippen molar-refractivity contribution in [3.05, 3.63) is 35.4 Å². The Bertz CT molecular complexity index is 428. The lowest BCUT2D eigenvalue weighted by Crippen LogP contribution is -2.34. The van der Waals surface area contributed by atoms with Gasteiger partial charge < -0.3 is 5.32 Å². The van der Waals surface area contributed by atoms with Crippen LogP contribution in [0.3, 0.4) is 0 Å². The third kappa shape index (κ3) is 3.35. The van der Waals surface area contributed by atoms with E-state index in [1.54, 1.807) is 0 Å². The van der Waals surface area contributed by atoms with E-state index in [1.807, 2.05) is 0 Å². The number of piperidine rings is 1. The summed E-state index contributed by atoms with van der Waals surface area (Å²) in [5, 5.41) is 3.34. The van der Waals surface area contributed by atoms with Crippen molar-refractivity contribution < 1.29 is 13.6 Å². The maximum atomic E-state index is 13.4. The fraction of sp³-hybridized carbons (Fsp3) is 0.500. The summed E-state index contributed by atoms with van der Waals surface area (Å²) in [7, 11) is 0. The average molecular weight is 253 g/mol. The average Bonchev–Trinajstić information content (AvgIpc) is 2.37. The molecule has 1 aromatic rings.